The van der Waals surface area contributed by atoms with Crippen molar-refractivity contribution in [1.82, 2.24) is 0 Å². The molecule has 0 N–H and O–H groups in total. The summed E-state index contributed by atoms with van der Waals surface area (Å²) >= 11 is 0. The van der Waals surface area contributed by atoms with E-state index in [1.807, 2.05) is 78.9 Å². The van der Waals surface area contributed by atoms with Crippen molar-refractivity contribution >= 4 is 15.2 Å². The van der Waals surface area contributed by atoms with E-state index in [2.05, 4.69) is 9.24 Å². The second kappa shape index (κ2) is 6.76. The number of esters is 1. The molecule has 23 heavy (non-hydrogen) atoms. The predicted molar refractivity (Wildman–Crippen MR) is 95.5 cm³/mol. The molecule has 0 heterocycles. The van der Waals surface area contributed by atoms with Gasteiger partial charge >= 0.3 is 5.97 Å². The summed E-state index contributed by atoms with van der Waals surface area (Å²) in [7, 11) is 2.68. The van der Waals surface area contributed by atoms with E-state index in [0.717, 1.165) is 11.1 Å². The lowest BCUT2D eigenvalue weighted by Crippen LogP contribution is -2.34. The van der Waals surface area contributed by atoms with Crippen LogP contribution < -0.4 is 4.74 Å². The Kier molecular flexibility index (Phi) is 4.55. The Morgan fingerprint density at radius 1 is 0.696 bits per heavy atom. The highest BCUT2D eigenvalue weighted by Crippen LogP contribution is 2.40. The molecule has 3 heteroatoms. The van der Waals surface area contributed by atoms with Crippen LogP contribution in [0.3, 0.4) is 0 Å². The standard InChI is InChI=1S/C20H17O2P/c21-19(22-18-14-8-3-9-15-18)20(23,16-10-4-1-5-11-16)17-12-6-2-7-13-17/h1-15H,23H2. The summed E-state index contributed by atoms with van der Waals surface area (Å²) in [6.45, 7) is 0. The molecule has 0 saturated carbocycles. The molecular weight excluding hydrogens is 303 g/mol. The Morgan fingerprint density at radius 3 is 1.52 bits per heavy atom. The highest BCUT2D eigenvalue weighted by molar-refractivity contribution is 7.21. The molecule has 2 nitrogen and oxygen atoms in total. The quantitative estimate of drug-likeness (QED) is 0.404. The molecule has 0 aliphatic heterocycles. The maximum absolute atomic E-state index is 13.0. The van der Waals surface area contributed by atoms with E-state index >= 15 is 0 Å². The van der Waals surface area contributed by atoms with Crippen molar-refractivity contribution in [3.63, 3.8) is 0 Å². The summed E-state index contributed by atoms with van der Waals surface area (Å²) in [6, 6.07) is 28.4. The van der Waals surface area contributed by atoms with E-state index in [9.17, 15) is 4.79 Å². The second-order valence-electron chi connectivity index (χ2n) is 5.24. The van der Waals surface area contributed by atoms with E-state index in [1.165, 1.54) is 0 Å². The number of rotatable bonds is 4. The molecule has 3 rings (SSSR count). The minimum atomic E-state index is -0.946. The fourth-order valence-corrected chi connectivity index (χ4v) is 2.92. The Hall–Kier alpha value is -2.44. The molecule has 0 aliphatic carbocycles. The highest BCUT2D eigenvalue weighted by Gasteiger charge is 2.39. The second-order valence-corrected chi connectivity index (χ2v) is 6.11. The van der Waals surface area contributed by atoms with Crippen molar-refractivity contribution < 1.29 is 9.53 Å². The van der Waals surface area contributed by atoms with E-state index in [0.29, 0.717) is 5.75 Å². The third-order valence-electron chi connectivity index (χ3n) is 3.73. The van der Waals surface area contributed by atoms with Crippen LogP contribution in [0.2, 0.25) is 0 Å². The predicted octanol–water partition coefficient (Wildman–Crippen LogP) is 4.41. The van der Waals surface area contributed by atoms with E-state index in [-0.39, 0.29) is 5.97 Å². The topological polar surface area (TPSA) is 26.3 Å². The fraction of sp³-hybridized carbons (Fsp3) is 0.0500. The lowest BCUT2D eigenvalue weighted by atomic mass is 9.90. The smallest absolute Gasteiger partial charge is 0.330 e. The minimum Gasteiger partial charge on any atom is -0.425 e. The van der Waals surface area contributed by atoms with Crippen molar-refractivity contribution in [2.75, 3.05) is 0 Å². The van der Waals surface area contributed by atoms with E-state index in [4.69, 9.17) is 4.74 Å². The van der Waals surface area contributed by atoms with Gasteiger partial charge in [0.1, 0.15) is 10.9 Å². The monoisotopic (exact) mass is 320 g/mol. The van der Waals surface area contributed by atoms with Crippen LogP contribution in [0.5, 0.6) is 5.75 Å². The zero-order chi connectivity index (χ0) is 16.1. The Balaban J connectivity index is 2.04. The summed E-state index contributed by atoms with van der Waals surface area (Å²) < 4.78 is 5.63. The molecule has 3 aromatic carbocycles. The minimum absolute atomic E-state index is 0.328. The van der Waals surface area contributed by atoms with Crippen LogP contribution in [0.4, 0.5) is 0 Å². The number of carbonyl (C=O) groups is 1. The van der Waals surface area contributed by atoms with Crippen molar-refractivity contribution in [3.8, 4) is 5.75 Å². The third kappa shape index (κ3) is 3.18. The van der Waals surface area contributed by atoms with Gasteiger partial charge < -0.3 is 4.74 Å². The summed E-state index contributed by atoms with van der Waals surface area (Å²) in [5, 5.41) is -0.946. The Morgan fingerprint density at radius 2 is 1.09 bits per heavy atom. The summed E-state index contributed by atoms with van der Waals surface area (Å²) in [5.41, 5.74) is 1.74. The van der Waals surface area contributed by atoms with Gasteiger partial charge in [-0.1, -0.05) is 78.9 Å². The molecular formula is C20H17O2P. The van der Waals surface area contributed by atoms with E-state index in [1.54, 1.807) is 12.1 Å². The largest absolute Gasteiger partial charge is 0.425 e. The first-order chi connectivity index (χ1) is 11.2. The fourth-order valence-electron chi connectivity index (χ4n) is 2.48. The van der Waals surface area contributed by atoms with Crippen LogP contribution in [0, 0.1) is 0 Å². The van der Waals surface area contributed by atoms with Gasteiger partial charge in [0.25, 0.3) is 0 Å². The first-order valence-corrected chi connectivity index (χ1v) is 7.96. The maximum atomic E-state index is 13.0. The first kappa shape index (κ1) is 15.5. The summed E-state index contributed by atoms with van der Waals surface area (Å²) in [4.78, 5) is 13.0. The van der Waals surface area contributed by atoms with Crippen molar-refractivity contribution in [3.05, 3.63) is 102 Å². The van der Waals surface area contributed by atoms with Gasteiger partial charge in [-0.2, -0.15) is 0 Å². The number of ether oxygens (including phenoxy) is 1. The average Bonchev–Trinajstić information content (AvgIpc) is 2.63. The molecule has 0 fully saturated rings. The lowest BCUT2D eigenvalue weighted by Gasteiger charge is -2.28. The lowest BCUT2D eigenvalue weighted by molar-refractivity contribution is -0.136. The Bertz CT molecular complexity index is 731. The molecule has 0 aliphatic rings. The number of hydrogen-bond acceptors (Lipinski definition) is 2. The SMILES string of the molecule is O=C(Oc1ccccc1)C(P)(c1ccccc1)c1ccccc1. The van der Waals surface area contributed by atoms with Crippen LogP contribution in [-0.2, 0) is 9.95 Å². The zero-order valence-corrected chi connectivity index (χ0v) is 13.7. The molecule has 1 unspecified atom stereocenters. The van der Waals surface area contributed by atoms with Gasteiger partial charge in [-0.15, -0.1) is 9.24 Å². The Labute approximate surface area is 138 Å². The van der Waals surface area contributed by atoms with Gasteiger partial charge in [0, 0.05) is 0 Å². The van der Waals surface area contributed by atoms with Gasteiger partial charge in [0.15, 0.2) is 0 Å². The molecule has 0 radical (unpaired) electrons. The normalized spacial score (nSPS) is 11.0. The van der Waals surface area contributed by atoms with Crippen molar-refractivity contribution in [2.45, 2.75) is 5.16 Å². The van der Waals surface area contributed by atoms with Gasteiger partial charge in [0.05, 0.1) is 0 Å². The van der Waals surface area contributed by atoms with Gasteiger partial charge in [-0.3, -0.25) is 0 Å². The van der Waals surface area contributed by atoms with Crippen molar-refractivity contribution in [2.24, 2.45) is 0 Å². The van der Waals surface area contributed by atoms with Crippen molar-refractivity contribution in [1.29, 1.82) is 0 Å². The number of para-hydroxylation sites is 1. The zero-order valence-electron chi connectivity index (χ0n) is 12.6. The third-order valence-corrected chi connectivity index (χ3v) is 4.64. The molecule has 1 atom stereocenters. The number of carbonyl (C=O) groups excluding carboxylic acids is 1. The molecule has 114 valence electrons. The average molecular weight is 320 g/mol. The van der Waals surface area contributed by atoms with Crippen LogP contribution in [0.25, 0.3) is 0 Å². The van der Waals surface area contributed by atoms with E-state index < -0.39 is 5.16 Å². The maximum Gasteiger partial charge on any atom is 0.330 e. The van der Waals surface area contributed by atoms with Crippen LogP contribution in [0.15, 0.2) is 91.0 Å². The highest BCUT2D eigenvalue weighted by atomic mass is 31.0. The van der Waals surface area contributed by atoms with Crippen LogP contribution >= 0.6 is 9.24 Å². The summed E-state index contributed by atoms with van der Waals surface area (Å²) in [6.07, 6.45) is 0. The first-order valence-electron chi connectivity index (χ1n) is 7.38. The van der Waals surface area contributed by atoms with Crippen LogP contribution in [-0.4, -0.2) is 5.97 Å². The van der Waals surface area contributed by atoms with Gasteiger partial charge in [-0.05, 0) is 23.3 Å². The molecule has 0 bridgehead atoms. The molecule has 0 amide bonds. The molecule has 0 aromatic heterocycles. The van der Waals surface area contributed by atoms with Crippen LogP contribution in [0.1, 0.15) is 11.1 Å². The van der Waals surface area contributed by atoms with Gasteiger partial charge in [0.2, 0.25) is 0 Å². The number of hydrogen-bond donors (Lipinski definition) is 0. The molecule has 3 aromatic rings. The molecule has 0 saturated heterocycles. The van der Waals surface area contributed by atoms with Gasteiger partial charge in [-0.25, -0.2) is 4.79 Å². The molecule has 0 spiro atoms. The number of benzene rings is 3. The summed E-state index contributed by atoms with van der Waals surface area (Å²) in [5.74, 6) is 0.210.